The first kappa shape index (κ1) is 23.1. The van der Waals surface area contributed by atoms with Gasteiger partial charge in [-0.1, -0.05) is 50.9 Å². The summed E-state index contributed by atoms with van der Waals surface area (Å²) in [5.74, 6) is -1.16. The number of halogens is 1. The van der Waals surface area contributed by atoms with Crippen molar-refractivity contribution in [2.45, 2.75) is 58.4 Å². The van der Waals surface area contributed by atoms with Crippen LogP contribution in [0.25, 0.3) is 0 Å². The molecule has 0 aromatic heterocycles. The van der Waals surface area contributed by atoms with Crippen molar-refractivity contribution in [2.75, 3.05) is 6.54 Å². The first-order valence-corrected chi connectivity index (χ1v) is 11.0. The minimum Gasteiger partial charge on any atom is -0.323 e. The smallest absolute Gasteiger partial charge is 0.323 e. The Morgan fingerprint density at radius 2 is 1.84 bits per heavy atom. The third kappa shape index (κ3) is 4.69. The molecule has 2 fully saturated rings. The van der Waals surface area contributed by atoms with Crippen LogP contribution in [0.4, 0.5) is 4.79 Å². The number of benzene rings is 1. The van der Waals surface area contributed by atoms with Gasteiger partial charge in [0.1, 0.15) is 12.1 Å². The largest absolute Gasteiger partial charge is 0.325 e. The normalized spacial score (nSPS) is 23.6. The lowest BCUT2D eigenvalue weighted by Gasteiger charge is -2.42. The molecule has 3 rings (SSSR count). The Labute approximate surface area is 187 Å². The van der Waals surface area contributed by atoms with Crippen molar-refractivity contribution in [3.8, 4) is 0 Å². The maximum Gasteiger partial charge on any atom is 0.325 e. The lowest BCUT2D eigenvalue weighted by atomic mass is 9.65. The van der Waals surface area contributed by atoms with Crippen molar-refractivity contribution in [3.05, 3.63) is 34.9 Å². The van der Waals surface area contributed by atoms with Crippen LogP contribution in [0.15, 0.2) is 24.3 Å². The Morgan fingerprint density at radius 1 is 1.19 bits per heavy atom. The number of amides is 5. The van der Waals surface area contributed by atoms with Crippen LogP contribution in [0.3, 0.4) is 0 Å². The van der Waals surface area contributed by atoms with Crippen molar-refractivity contribution in [1.29, 1.82) is 0 Å². The summed E-state index contributed by atoms with van der Waals surface area (Å²) in [6.07, 6.45) is 3.87. The Kier molecular flexibility index (Phi) is 6.59. The summed E-state index contributed by atoms with van der Waals surface area (Å²) in [5, 5.41) is 3.06. The fraction of sp³-hybridized carbons (Fsp3) is 0.545. The van der Waals surface area contributed by atoms with E-state index < -0.39 is 29.9 Å². The summed E-state index contributed by atoms with van der Waals surface area (Å²) < 4.78 is 0. The third-order valence-corrected chi connectivity index (χ3v) is 7.17. The van der Waals surface area contributed by atoms with E-state index in [1.54, 1.807) is 18.2 Å². The minimum absolute atomic E-state index is 0.187. The molecule has 0 bridgehead atoms. The molecule has 2 aliphatic rings. The lowest BCUT2D eigenvalue weighted by molar-refractivity contribution is -0.136. The molecule has 31 heavy (non-hydrogen) atoms. The second-order valence-electron chi connectivity index (χ2n) is 9.00. The number of carbonyl (C=O) groups is 4. The quantitative estimate of drug-likeness (QED) is 0.475. The first-order chi connectivity index (χ1) is 14.6. The van der Waals surface area contributed by atoms with Gasteiger partial charge >= 0.3 is 6.03 Å². The molecule has 168 valence electrons. The number of hydrogen-bond acceptors (Lipinski definition) is 4. The molecule has 1 aliphatic carbocycles. The average Bonchev–Trinajstić information content (AvgIpc) is 2.96. The molecule has 5 amide bonds. The highest BCUT2D eigenvalue weighted by Crippen LogP contribution is 2.45. The van der Waals surface area contributed by atoms with Crippen LogP contribution >= 0.6 is 11.6 Å². The molecule has 1 heterocycles. The van der Waals surface area contributed by atoms with E-state index in [9.17, 15) is 19.2 Å². The zero-order valence-electron chi connectivity index (χ0n) is 18.1. The molecular weight excluding hydrogens is 420 g/mol. The van der Waals surface area contributed by atoms with E-state index >= 15 is 0 Å². The van der Waals surface area contributed by atoms with Gasteiger partial charge in [-0.25, -0.2) is 4.79 Å². The van der Waals surface area contributed by atoms with Gasteiger partial charge in [0, 0.05) is 0 Å². The average molecular weight is 449 g/mol. The summed E-state index contributed by atoms with van der Waals surface area (Å²) in [4.78, 5) is 50.8. The van der Waals surface area contributed by atoms with E-state index in [2.05, 4.69) is 36.9 Å². The van der Waals surface area contributed by atoms with Crippen LogP contribution < -0.4 is 16.2 Å². The van der Waals surface area contributed by atoms with Crippen molar-refractivity contribution in [1.82, 2.24) is 21.1 Å². The molecule has 0 unspecified atom stereocenters. The molecular formula is C22H29ClN4O4. The fourth-order valence-electron chi connectivity index (χ4n) is 4.36. The van der Waals surface area contributed by atoms with Crippen LogP contribution in [0.2, 0.25) is 5.02 Å². The van der Waals surface area contributed by atoms with Gasteiger partial charge < -0.3 is 5.32 Å². The number of nitrogens with one attached hydrogen (secondary N) is 3. The predicted molar refractivity (Wildman–Crippen MR) is 116 cm³/mol. The molecule has 1 aromatic rings. The standard InChI is InChI=1S/C22H29ClN4O4/c1-4-21(2,3)14-9-11-22(12-10-14)19(30)27(20(31)24-22)13-17(28)25-26-18(29)15-7-5-6-8-16(15)23/h5-8,14H,4,9-13H2,1-3H3,(H,24,31)(H,25,28)(H,26,29). The second-order valence-corrected chi connectivity index (χ2v) is 9.41. The maximum atomic E-state index is 13.0. The van der Waals surface area contributed by atoms with Gasteiger partial charge in [-0.2, -0.15) is 0 Å². The summed E-state index contributed by atoms with van der Waals surface area (Å²) in [6.45, 7) is 6.16. The number of nitrogens with zero attached hydrogens (tertiary/aromatic N) is 1. The molecule has 1 saturated heterocycles. The topological polar surface area (TPSA) is 108 Å². The van der Waals surface area contributed by atoms with Crippen LogP contribution in [0.5, 0.6) is 0 Å². The molecule has 1 spiro atoms. The van der Waals surface area contributed by atoms with Gasteiger partial charge in [-0.15, -0.1) is 0 Å². The van der Waals surface area contributed by atoms with E-state index in [0.29, 0.717) is 18.8 Å². The predicted octanol–water partition coefficient (Wildman–Crippen LogP) is 3.02. The van der Waals surface area contributed by atoms with Crippen molar-refractivity contribution in [3.63, 3.8) is 0 Å². The summed E-state index contributed by atoms with van der Waals surface area (Å²) in [7, 11) is 0. The van der Waals surface area contributed by atoms with E-state index in [4.69, 9.17) is 11.6 Å². The number of hydrogen-bond donors (Lipinski definition) is 3. The Balaban J connectivity index is 1.56. The summed E-state index contributed by atoms with van der Waals surface area (Å²) >= 11 is 5.96. The van der Waals surface area contributed by atoms with Crippen LogP contribution in [-0.4, -0.2) is 40.7 Å². The van der Waals surface area contributed by atoms with E-state index in [0.717, 1.165) is 24.2 Å². The Morgan fingerprint density at radius 3 is 2.45 bits per heavy atom. The van der Waals surface area contributed by atoms with Gasteiger partial charge in [-0.05, 0) is 49.1 Å². The van der Waals surface area contributed by atoms with Crippen LogP contribution in [0, 0.1) is 11.3 Å². The van der Waals surface area contributed by atoms with Crippen molar-refractivity contribution >= 4 is 35.4 Å². The zero-order chi connectivity index (χ0) is 22.8. The zero-order valence-corrected chi connectivity index (χ0v) is 18.8. The molecule has 8 nitrogen and oxygen atoms in total. The number of imide groups is 1. The number of hydrazine groups is 1. The van der Waals surface area contributed by atoms with Gasteiger partial charge in [0.25, 0.3) is 17.7 Å². The van der Waals surface area contributed by atoms with Gasteiger partial charge in [0.2, 0.25) is 0 Å². The molecule has 9 heteroatoms. The van der Waals surface area contributed by atoms with Crippen molar-refractivity contribution < 1.29 is 19.2 Å². The fourth-order valence-corrected chi connectivity index (χ4v) is 4.58. The molecule has 0 radical (unpaired) electrons. The first-order valence-electron chi connectivity index (χ1n) is 10.6. The molecule has 1 saturated carbocycles. The molecule has 1 aromatic carbocycles. The summed E-state index contributed by atoms with van der Waals surface area (Å²) in [6, 6.07) is 5.82. The lowest BCUT2D eigenvalue weighted by Crippen LogP contribution is -2.51. The van der Waals surface area contributed by atoms with Gasteiger partial charge in [-0.3, -0.25) is 30.1 Å². The van der Waals surface area contributed by atoms with E-state index in [1.165, 1.54) is 6.07 Å². The highest BCUT2D eigenvalue weighted by atomic mass is 35.5. The van der Waals surface area contributed by atoms with E-state index in [1.807, 2.05) is 0 Å². The number of urea groups is 1. The minimum atomic E-state index is -0.932. The molecule has 0 atom stereocenters. The van der Waals surface area contributed by atoms with Crippen molar-refractivity contribution in [2.24, 2.45) is 11.3 Å². The Bertz CT molecular complexity index is 893. The third-order valence-electron chi connectivity index (χ3n) is 6.84. The molecule has 3 N–H and O–H groups in total. The van der Waals surface area contributed by atoms with Crippen LogP contribution in [-0.2, 0) is 9.59 Å². The maximum absolute atomic E-state index is 13.0. The van der Waals surface area contributed by atoms with Crippen LogP contribution in [0.1, 0.15) is 63.2 Å². The summed E-state index contributed by atoms with van der Waals surface area (Å²) in [5.41, 5.74) is 3.94. The number of carbonyl (C=O) groups excluding carboxylic acids is 4. The molecule has 1 aliphatic heterocycles. The van der Waals surface area contributed by atoms with E-state index in [-0.39, 0.29) is 21.9 Å². The second kappa shape index (κ2) is 8.86. The Hall–Kier alpha value is -2.61. The number of rotatable bonds is 5. The highest BCUT2D eigenvalue weighted by Gasteiger charge is 2.53. The van der Waals surface area contributed by atoms with Gasteiger partial charge in [0.05, 0.1) is 10.6 Å². The highest BCUT2D eigenvalue weighted by molar-refractivity contribution is 6.33. The van der Waals surface area contributed by atoms with Gasteiger partial charge in [0.15, 0.2) is 0 Å². The SMILES string of the molecule is CCC(C)(C)C1CCC2(CC1)NC(=O)N(CC(=O)NNC(=O)c1ccccc1Cl)C2=O. The monoisotopic (exact) mass is 448 g/mol.